The van der Waals surface area contributed by atoms with Gasteiger partial charge in [-0.25, -0.2) is 18.2 Å². The van der Waals surface area contributed by atoms with Crippen LogP contribution in [0.1, 0.15) is 11.5 Å². The fourth-order valence-electron chi connectivity index (χ4n) is 3.84. The van der Waals surface area contributed by atoms with Crippen molar-refractivity contribution < 1.29 is 22.6 Å². The van der Waals surface area contributed by atoms with Crippen molar-refractivity contribution in [3.05, 3.63) is 77.7 Å². The summed E-state index contributed by atoms with van der Waals surface area (Å²) in [6.07, 6.45) is 1.48. The number of hydrogen-bond donors (Lipinski definition) is 2. The van der Waals surface area contributed by atoms with Crippen molar-refractivity contribution >= 4 is 23.1 Å². The summed E-state index contributed by atoms with van der Waals surface area (Å²) in [7, 11) is 0. The van der Waals surface area contributed by atoms with Gasteiger partial charge in [0, 0.05) is 29.5 Å². The van der Waals surface area contributed by atoms with E-state index in [1.165, 1.54) is 18.3 Å². The van der Waals surface area contributed by atoms with E-state index in [1.807, 2.05) is 0 Å². The van der Waals surface area contributed by atoms with E-state index in [4.69, 9.17) is 21.7 Å². The molecule has 1 saturated carbocycles. The molecule has 2 heterocycles. The van der Waals surface area contributed by atoms with Crippen molar-refractivity contribution in [1.29, 1.82) is 0 Å². The molecule has 1 fully saturated rings. The molecule has 2 aliphatic rings. The maximum atomic E-state index is 14.2. The number of hydrogen-bond acceptors (Lipinski definition) is 4. The molecule has 158 valence electrons. The zero-order chi connectivity index (χ0) is 21.5. The van der Waals surface area contributed by atoms with Crippen LogP contribution < -0.4 is 20.1 Å². The van der Waals surface area contributed by atoms with E-state index in [1.54, 1.807) is 24.3 Å². The van der Waals surface area contributed by atoms with Crippen LogP contribution in [0.4, 0.5) is 19.0 Å². The SMILES string of the molecule is Fc1cccc(Oc2ccc(NC(=S)N[C@@H]3[C@@H]4COc5c(F)ccc(F)c5[C@@H]43)nc2)c1. The Bertz CT molecular complexity index is 1160. The van der Waals surface area contributed by atoms with Gasteiger partial charge in [0.1, 0.15) is 29.0 Å². The molecule has 3 aromatic rings. The zero-order valence-corrected chi connectivity index (χ0v) is 16.8. The van der Waals surface area contributed by atoms with Gasteiger partial charge in [-0.2, -0.15) is 0 Å². The van der Waals surface area contributed by atoms with E-state index >= 15 is 0 Å². The lowest BCUT2D eigenvalue weighted by molar-refractivity contribution is 0.260. The molecule has 9 heteroatoms. The van der Waals surface area contributed by atoms with Gasteiger partial charge in [-0.3, -0.25) is 0 Å². The maximum Gasteiger partial charge on any atom is 0.172 e. The highest BCUT2D eigenvalue weighted by molar-refractivity contribution is 7.80. The van der Waals surface area contributed by atoms with Gasteiger partial charge in [0.05, 0.1) is 12.8 Å². The summed E-state index contributed by atoms with van der Waals surface area (Å²) >= 11 is 5.34. The Morgan fingerprint density at radius 1 is 1.06 bits per heavy atom. The molecular formula is C22H16F3N3O2S. The van der Waals surface area contributed by atoms with Crippen LogP contribution in [-0.4, -0.2) is 22.7 Å². The van der Waals surface area contributed by atoms with E-state index in [-0.39, 0.29) is 29.2 Å². The molecule has 5 rings (SSSR count). The van der Waals surface area contributed by atoms with Crippen LogP contribution in [0.3, 0.4) is 0 Å². The Labute approximate surface area is 181 Å². The molecule has 2 aromatic carbocycles. The van der Waals surface area contributed by atoms with Gasteiger partial charge in [-0.05, 0) is 48.6 Å². The highest BCUT2D eigenvalue weighted by Crippen LogP contribution is 2.55. The van der Waals surface area contributed by atoms with Gasteiger partial charge in [0.2, 0.25) is 0 Å². The second-order valence-corrected chi connectivity index (χ2v) is 7.74. The molecule has 0 radical (unpaired) electrons. The van der Waals surface area contributed by atoms with Crippen LogP contribution >= 0.6 is 12.2 Å². The lowest BCUT2D eigenvalue weighted by Crippen LogP contribution is -2.32. The Hall–Kier alpha value is -3.33. The topological polar surface area (TPSA) is 55.4 Å². The highest BCUT2D eigenvalue weighted by atomic mass is 32.1. The number of benzene rings is 2. The van der Waals surface area contributed by atoms with Crippen molar-refractivity contribution in [2.45, 2.75) is 12.0 Å². The molecule has 0 amide bonds. The predicted octanol–water partition coefficient (Wildman–Crippen LogP) is 4.75. The third-order valence-electron chi connectivity index (χ3n) is 5.32. The second kappa shape index (κ2) is 7.73. The second-order valence-electron chi connectivity index (χ2n) is 7.34. The van der Waals surface area contributed by atoms with E-state index in [9.17, 15) is 13.2 Å². The zero-order valence-electron chi connectivity index (χ0n) is 15.9. The molecule has 0 bridgehead atoms. The first-order valence-electron chi connectivity index (χ1n) is 9.57. The van der Waals surface area contributed by atoms with Crippen molar-refractivity contribution in [2.75, 3.05) is 11.9 Å². The van der Waals surface area contributed by atoms with E-state index in [0.717, 1.165) is 12.1 Å². The fraction of sp³-hybridized carbons (Fsp3) is 0.182. The standard InChI is InChI=1S/C22H16F3N3O2S/c23-11-2-1-3-12(8-11)30-13-4-7-17(26-9-13)27-22(31)28-20-14-10-29-21-16(25)6-5-15(24)19(21)18(14)20/h1-9,14,18,20H,10H2,(H2,26,27,28,31)/t14-,18-,20-/m1/s1. The normalized spacial score (nSPS) is 20.7. The Balaban J connectivity index is 1.20. The summed E-state index contributed by atoms with van der Waals surface area (Å²) in [5, 5.41) is 6.40. The highest BCUT2D eigenvalue weighted by Gasteiger charge is 2.57. The van der Waals surface area contributed by atoms with Gasteiger partial charge in [-0.1, -0.05) is 6.07 Å². The minimum atomic E-state index is -0.564. The van der Waals surface area contributed by atoms with Crippen LogP contribution in [0.15, 0.2) is 54.7 Å². The number of anilines is 1. The number of rotatable bonds is 4. The summed E-state index contributed by atoms with van der Waals surface area (Å²) < 4.78 is 52.4. The predicted molar refractivity (Wildman–Crippen MR) is 112 cm³/mol. The smallest absolute Gasteiger partial charge is 0.172 e. The van der Waals surface area contributed by atoms with Crippen LogP contribution in [0.5, 0.6) is 17.2 Å². The number of nitrogens with one attached hydrogen (secondary N) is 2. The molecule has 0 unspecified atom stereocenters. The average Bonchev–Trinajstić information content (AvgIpc) is 3.44. The molecule has 1 aromatic heterocycles. The quantitative estimate of drug-likeness (QED) is 0.568. The molecule has 1 aliphatic carbocycles. The third-order valence-corrected chi connectivity index (χ3v) is 5.54. The molecule has 0 spiro atoms. The molecular weight excluding hydrogens is 427 g/mol. The Morgan fingerprint density at radius 3 is 2.68 bits per heavy atom. The summed E-state index contributed by atoms with van der Waals surface area (Å²) in [5.74, 6) is -0.363. The number of fused-ring (bicyclic) bond motifs is 3. The Morgan fingerprint density at radius 2 is 1.90 bits per heavy atom. The summed E-state index contributed by atoms with van der Waals surface area (Å²) in [6.45, 7) is 0.294. The van der Waals surface area contributed by atoms with E-state index in [0.29, 0.717) is 29.0 Å². The van der Waals surface area contributed by atoms with Crippen molar-refractivity contribution in [2.24, 2.45) is 5.92 Å². The van der Waals surface area contributed by atoms with Crippen molar-refractivity contribution in [3.63, 3.8) is 0 Å². The number of nitrogens with zero attached hydrogens (tertiary/aromatic N) is 1. The molecule has 3 atom stereocenters. The minimum Gasteiger partial charge on any atom is -0.490 e. The number of thiocarbonyl (C=S) groups is 1. The first-order chi connectivity index (χ1) is 15.0. The van der Waals surface area contributed by atoms with Crippen LogP contribution in [0.25, 0.3) is 0 Å². The van der Waals surface area contributed by atoms with Crippen LogP contribution in [-0.2, 0) is 0 Å². The number of ether oxygens (including phenoxy) is 2. The largest absolute Gasteiger partial charge is 0.490 e. The van der Waals surface area contributed by atoms with Gasteiger partial charge < -0.3 is 20.1 Å². The first-order valence-corrected chi connectivity index (χ1v) is 9.98. The number of pyridine rings is 1. The van der Waals surface area contributed by atoms with Crippen molar-refractivity contribution in [1.82, 2.24) is 10.3 Å². The molecule has 0 saturated heterocycles. The van der Waals surface area contributed by atoms with Gasteiger partial charge in [0.15, 0.2) is 16.7 Å². The van der Waals surface area contributed by atoms with Crippen LogP contribution in [0, 0.1) is 23.4 Å². The summed E-state index contributed by atoms with van der Waals surface area (Å²) in [6, 6.07) is 11.2. The number of halogens is 3. The third kappa shape index (κ3) is 3.88. The van der Waals surface area contributed by atoms with E-state index < -0.39 is 17.5 Å². The molecule has 2 N–H and O–H groups in total. The first kappa shape index (κ1) is 19.6. The maximum absolute atomic E-state index is 14.2. The van der Waals surface area contributed by atoms with Crippen LogP contribution in [0.2, 0.25) is 0 Å². The van der Waals surface area contributed by atoms with Gasteiger partial charge in [0.25, 0.3) is 0 Å². The average molecular weight is 443 g/mol. The summed E-state index contributed by atoms with van der Waals surface area (Å²) in [4.78, 5) is 4.23. The lowest BCUT2D eigenvalue weighted by atomic mass is 10.0. The Kier molecular flexibility index (Phi) is 4.90. The molecule has 1 aliphatic heterocycles. The van der Waals surface area contributed by atoms with Crippen molar-refractivity contribution in [3.8, 4) is 17.2 Å². The summed E-state index contributed by atoms with van der Waals surface area (Å²) in [5.41, 5.74) is 0.258. The molecule has 5 nitrogen and oxygen atoms in total. The molecule has 31 heavy (non-hydrogen) atoms. The van der Waals surface area contributed by atoms with Gasteiger partial charge >= 0.3 is 0 Å². The fourth-order valence-corrected chi connectivity index (χ4v) is 4.08. The lowest BCUT2D eigenvalue weighted by Gasteiger charge is -2.16. The van der Waals surface area contributed by atoms with Gasteiger partial charge in [-0.15, -0.1) is 0 Å². The number of aromatic nitrogens is 1. The monoisotopic (exact) mass is 443 g/mol. The minimum absolute atomic E-state index is 0.0125. The van der Waals surface area contributed by atoms with E-state index in [2.05, 4.69) is 15.6 Å².